The van der Waals surface area contributed by atoms with Gasteiger partial charge in [0.05, 0.1) is 0 Å². The molecule has 0 spiro atoms. The summed E-state index contributed by atoms with van der Waals surface area (Å²) in [6, 6.07) is 13.6. The molecule has 0 bridgehead atoms. The molecule has 0 aliphatic heterocycles. The van der Waals surface area contributed by atoms with E-state index in [4.69, 9.17) is 0 Å². The first-order valence-electron chi connectivity index (χ1n) is 11.4. The minimum atomic E-state index is -4.84. The third-order valence-electron chi connectivity index (χ3n) is 8.39. The van der Waals surface area contributed by atoms with E-state index in [0.29, 0.717) is 7.35 Å². The Kier molecular flexibility index (Phi) is 5.47. The van der Waals surface area contributed by atoms with Crippen LogP contribution in [0, 0.1) is 0 Å². The molecule has 2 aliphatic rings. The van der Waals surface area contributed by atoms with Crippen LogP contribution >= 0.6 is 0 Å². The molecule has 170 valence electrons. The van der Waals surface area contributed by atoms with Gasteiger partial charge in [0, 0.05) is 0 Å². The molecule has 0 nitrogen and oxygen atoms in total. The molecule has 0 saturated heterocycles. The molecule has 0 radical (unpaired) electrons. The van der Waals surface area contributed by atoms with Crippen LogP contribution in [-0.2, 0) is 11.3 Å². The number of rotatable bonds is 5. The van der Waals surface area contributed by atoms with Gasteiger partial charge in [-0.2, -0.15) is 0 Å². The second-order valence-corrected chi connectivity index (χ2v) is 164. The number of hydrogen-bond acceptors (Lipinski definition) is 0. The summed E-state index contributed by atoms with van der Waals surface area (Å²) in [6.45, 7) is 7.11. The predicted octanol–water partition coefficient (Wildman–Crippen LogP) is 0.976. The number of fused-ring (bicyclic) bond motifs is 3. The van der Waals surface area contributed by atoms with E-state index >= 15 is 0 Å². The molecule has 0 amide bonds. The van der Waals surface area contributed by atoms with Crippen molar-refractivity contribution < 1.29 is 36.2 Å². The number of unbranched alkanes of at least 4 members (excludes halogenated alkanes) is 1. The van der Waals surface area contributed by atoms with Crippen LogP contribution in [0.4, 0.5) is 0 Å². The molecule has 2 aliphatic carbocycles. The minimum absolute atomic E-state index is 0. The fraction of sp³-hybridized carbons (Fsp3) is 0.385. The van der Waals surface area contributed by atoms with Crippen molar-refractivity contribution >= 4 is 30.7 Å². The van der Waals surface area contributed by atoms with E-state index in [1.54, 1.807) is 11.1 Å². The van der Waals surface area contributed by atoms with Gasteiger partial charge < -0.3 is 24.8 Å². The zero-order chi connectivity index (χ0) is 21.3. The van der Waals surface area contributed by atoms with Gasteiger partial charge in [-0.05, 0) is 0 Å². The van der Waals surface area contributed by atoms with Gasteiger partial charge in [0.15, 0.2) is 0 Å². The Hall–Kier alpha value is -0.196. The Morgan fingerprint density at radius 1 is 0.871 bits per heavy atom. The molecule has 0 heterocycles. The fourth-order valence-electron chi connectivity index (χ4n) is 5.97. The second kappa shape index (κ2) is 6.27. The summed E-state index contributed by atoms with van der Waals surface area (Å²) in [5.41, 5.74) is 4.54. The Morgan fingerprint density at radius 2 is 1.55 bits per heavy atom. The van der Waals surface area contributed by atoms with Crippen molar-refractivity contribution in [2.75, 3.05) is 0 Å². The summed E-state index contributed by atoms with van der Waals surface area (Å²) >= 11 is -4.84. The average molecular weight is 656 g/mol. The fourth-order valence-corrected chi connectivity index (χ4v) is 38.4. The summed E-state index contributed by atoms with van der Waals surface area (Å²) in [5.74, 6) is 0. The van der Waals surface area contributed by atoms with E-state index in [0.717, 1.165) is 0 Å². The van der Waals surface area contributed by atoms with Crippen LogP contribution < -0.4 is 24.8 Å². The summed E-state index contributed by atoms with van der Waals surface area (Å²) in [6.07, 6.45) is 16.4. The third-order valence-corrected chi connectivity index (χ3v) is 54.1. The molecule has 2 atom stereocenters. The van der Waals surface area contributed by atoms with Crippen LogP contribution in [-0.4, -0.2) is 13.9 Å². The smallest absolute Gasteiger partial charge is 1.00 e. The summed E-state index contributed by atoms with van der Waals surface area (Å²) in [5, 5.41) is 2.74. The van der Waals surface area contributed by atoms with Gasteiger partial charge in [-0.1, -0.05) is 0 Å². The SMILES string of the molecule is CCCCC1=C[CH]([Hf]([CH3])([CH3])([CH3])([CH3])(=[SiH2])(=[SiH2])[CH]2C=Cc3c2ccc2ccccc32)C=C1.[Cl-].[Cl-]. The third kappa shape index (κ3) is 4.23. The van der Waals surface area contributed by atoms with E-state index in [-0.39, 0.29) is 24.8 Å². The second-order valence-electron chi connectivity index (χ2n) is 15.7. The Bertz CT molecular complexity index is 1410. The zero-order valence-electron chi connectivity index (χ0n) is 19.8. The van der Waals surface area contributed by atoms with Crippen LogP contribution in [0.25, 0.3) is 16.8 Å². The van der Waals surface area contributed by atoms with Gasteiger partial charge in [0.1, 0.15) is 0 Å². The molecule has 0 fully saturated rings. The standard InChI is InChI=1S/C13H9.C9H13.4CH3.2ClH.Hf.2H2Si/c1-2-6-12-10(4-1)8-9-11-5-3-7-13(11)12;1-2-3-6-9-7-4-5-8-9;;;;;;;;;/h1-9H;4-5,7-8H,2-3,6H2,1H3;4*1H3;2*1H;;2*1H2/p-2. The molecule has 4 rings (SSSR count). The Balaban J connectivity index is 0.00000171. The molecule has 5 heteroatoms. The van der Waals surface area contributed by atoms with Crippen molar-refractivity contribution in [3.63, 3.8) is 0 Å². The molecule has 0 aromatic heterocycles. The first-order chi connectivity index (χ1) is 13.1. The topological polar surface area (TPSA) is 0 Å². The van der Waals surface area contributed by atoms with Gasteiger partial charge in [-0.3, -0.25) is 0 Å². The Morgan fingerprint density at radius 3 is 2.23 bits per heavy atom. The molecule has 2 aromatic rings. The van der Waals surface area contributed by atoms with Crippen molar-refractivity contribution in [2.45, 2.75) is 52.3 Å². The number of halogens is 2. The summed E-state index contributed by atoms with van der Waals surface area (Å²) < 4.78 is 11.9. The van der Waals surface area contributed by atoms with Crippen molar-refractivity contribution in [1.82, 2.24) is 0 Å². The van der Waals surface area contributed by atoms with Gasteiger partial charge in [-0.25, -0.2) is 0 Å². The normalized spacial score (nSPS) is 24.6. The van der Waals surface area contributed by atoms with E-state index in [2.05, 4.69) is 106 Å². The molecular formula is C26H38Cl2HfSi2-2. The molecule has 2 aromatic carbocycles. The predicted molar refractivity (Wildman–Crippen MR) is 137 cm³/mol. The quantitative estimate of drug-likeness (QED) is 0.422. The van der Waals surface area contributed by atoms with E-state index in [1.165, 1.54) is 35.6 Å². The summed E-state index contributed by atoms with van der Waals surface area (Å²) in [7, 11) is 0. The van der Waals surface area contributed by atoms with E-state index in [9.17, 15) is 0 Å². The van der Waals surface area contributed by atoms with Crippen LogP contribution in [0.5, 0.6) is 0 Å². The molecule has 31 heavy (non-hydrogen) atoms. The first-order valence-corrected chi connectivity index (χ1v) is 46.6. The molecular weight excluding hydrogens is 618 g/mol. The maximum Gasteiger partial charge on any atom is -1.00 e. The maximum absolute atomic E-state index is 4.84. The number of hydrogen-bond donors (Lipinski definition) is 0. The van der Waals surface area contributed by atoms with Crippen LogP contribution in [0.1, 0.15) is 41.0 Å². The van der Waals surface area contributed by atoms with Crippen LogP contribution in [0.3, 0.4) is 0 Å². The molecule has 0 saturated carbocycles. The number of benzene rings is 2. The Labute approximate surface area is 195 Å². The molecule has 2 unspecified atom stereocenters. The van der Waals surface area contributed by atoms with Gasteiger partial charge in [0.2, 0.25) is 0 Å². The molecule has 0 N–H and O–H groups in total. The average Bonchev–Trinajstić information content (AvgIpc) is 3.27. The summed E-state index contributed by atoms with van der Waals surface area (Å²) in [4.78, 5) is 0. The van der Waals surface area contributed by atoms with Gasteiger partial charge in [0.25, 0.3) is 0 Å². The van der Waals surface area contributed by atoms with Gasteiger partial charge in [-0.15, -0.1) is 0 Å². The monoisotopic (exact) mass is 656 g/mol. The van der Waals surface area contributed by atoms with Crippen molar-refractivity contribution in [2.24, 2.45) is 0 Å². The van der Waals surface area contributed by atoms with Crippen molar-refractivity contribution in [1.29, 1.82) is 0 Å². The maximum atomic E-state index is 2.72. The van der Waals surface area contributed by atoms with E-state index in [1.807, 2.05) is 0 Å². The van der Waals surface area contributed by atoms with Crippen LogP contribution in [0.2, 0.25) is 22.4 Å². The first kappa shape index (κ1) is 27.1. The van der Waals surface area contributed by atoms with Crippen molar-refractivity contribution in [3.05, 3.63) is 77.4 Å². The van der Waals surface area contributed by atoms with Gasteiger partial charge >= 0.3 is 172 Å². The zero-order valence-corrected chi connectivity index (χ0v) is 27.7. The van der Waals surface area contributed by atoms with Crippen LogP contribution in [0.15, 0.2) is 66.3 Å². The van der Waals surface area contributed by atoms with E-state index < -0.39 is 11.3 Å². The minimum Gasteiger partial charge on any atom is -1.00 e. The largest absolute Gasteiger partial charge is 1.00 e. The van der Waals surface area contributed by atoms with Crippen molar-refractivity contribution in [3.8, 4) is 0 Å². The number of allylic oxidation sites excluding steroid dienone is 5.